The third-order valence-corrected chi connectivity index (χ3v) is 5.91. The Balaban J connectivity index is 1.87. The molecule has 0 saturated heterocycles. The van der Waals surface area contributed by atoms with Crippen LogP contribution in [-0.4, -0.2) is 11.5 Å². The molecule has 1 aliphatic carbocycles. The standard InChI is InChI=1S/C18H24N2S/c1-3-12-19-13-16-14(2)20-17(21-16)18(10-7-11-18)15-8-5-4-6-9-15/h4-6,8-9,19H,3,7,10-13H2,1-2H3. The molecule has 0 unspecified atom stereocenters. The van der Waals surface area contributed by atoms with Crippen molar-refractivity contribution in [2.45, 2.75) is 51.5 Å². The molecule has 1 aliphatic rings. The fraction of sp³-hybridized carbons (Fsp3) is 0.500. The van der Waals surface area contributed by atoms with E-state index in [9.17, 15) is 0 Å². The average Bonchev–Trinajstić information content (AvgIpc) is 2.81. The normalized spacial score (nSPS) is 16.7. The minimum Gasteiger partial charge on any atom is -0.312 e. The predicted molar refractivity (Wildman–Crippen MR) is 89.9 cm³/mol. The van der Waals surface area contributed by atoms with Crippen LogP contribution in [0.15, 0.2) is 30.3 Å². The van der Waals surface area contributed by atoms with Gasteiger partial charge < -0.3 is 5.32 Å². The van der Waals surface area contributed by atoms with Gasteiger partial charge in [0.15, 0.2) is 0 Å². The Morgan fingerprint density at radius 1 is 1.24 bits per heavy atom. The number of hydrogen-bond acceptors (Lipinski definition) is 3. The van der Waals surface area contributed by atoms with Crippen molar-refractivity contribution in [1.82, 2.24) is 10.3 Å². The maximum Gasteiger partial charge on any atom is 0.104 e. The summed E-state index contributed by atoms with van der Waals surface area (Å²) in [4.78, 5) is 6.34. The first-order valence-corrected chi connectivity index (χ1v) is 8.81. The van der Waals surface area contributed by atoms with Gasteiger partial charge in [0.2, 0.25) is 0 Å². The highest BCUT2D eigenvalue weighted by Crippen LogP contribution is 2.50. The molecular formula is C18H24N2S. The van der Waals surface area contributed by atoms with Gasteiger partial charge in [-0.15, -0.1) is 11.3 Å². The lowest BCUT2D eigenvalue weighted by Crippen LogP contribution is -2.35. The molecule has 1 aromatic carbocycles. The number of hydrogen-bond donors (Lipinski definition) is 1. The van der Waals surface area contributed by atoms with Crippen LogP contribution in [0, 0.1) is 6.92 Å². The lowest BCUT2D eigenvalue weighted by molar-refractivity contribution is 0.300. The van der Waals surface area contributed by atoms with Crippen molar-refractivity contribution in [2.24, 2.45) is 0 Å². The van der Waals surface area contributed by atoms with E-state index in [2.05, 4.69) is 49.5 Å². The predicted octanol–water partition coefficient (Wildman–Crippen LogP) is 4.42. The van der Waals surface area contributed by atoms with E-state index in [1.807, 2.05) is 11.3 Å². The van der Waals surface area contributed by atoms with E-state index in [1.54, 1.807) is 0 Å². The Kier molecular flexibility index (Phi) is 4.41. The lowest BCUT2D eigenvalue weighted by atomic mass is 9.65. The van der Waals surface area contributed by atoms with E-state index in [4.69, 9.17) is 4.98 Å². The first-order valence-electron chi connectivity index (χ1n) is 7.99. The molecule has 0 radical (unpaired) electrons. The monoisotopic (exact) mass is 300 g/mol. The zero-order valence-corrected chi connectivity index (χ0v) is 13.8. The molecular weight excluding hydrogens is 276 g/mol. The molecule has 2 aromatic rings. The van der Waals surface area contributed by atoms with Gasteiger partial charge in [0.25, 0.3) is 0 Å². The highest BCUT2D eigenvalue weighted by Gasteiger charge is 2.43. The summed E-state index contributed by atoms with van der Waals surface area (Å²) < 4.78 is 0. The molecule has 0 bridgehead atoms. The molecule has 3 heteroatoms. The molecule has 112 valence electrons. The summed E-state index contributed by atoms with van der Waals surface area (Å²) >= 11 is 1.91. The van der Waals surface area contributed by atoms with Gasteiger partial charge in [0, 0.05) is 16.8 Å². The van der Waals surface area contributed by atoms with Crippen molar-refractivity contribution in [2.75, 3.05) is 6.54 Å². The highest BCUT2D eigenvalue weighted by molar-refractivity contribution is 7.12. The second kappa shape index (κ2) is 6.29. The lowest BCUT2D eigenvalue weighted by Gasteiger charge is -2.40. The van der Waals surface area contributed by atoms with Crippen molar-refractivity contribution < 1.29 is 0 Å². The highest BCUT2D eigenvalue weighted by atomic mass is 32.1. The Hall–Kier alpha value is -1.19. The molecule has 1 fully saturated rings. The number of aryl methyl sites for hydroxylation is 1. The summed E-state index contributed by atoms with van der Waals surface area (Å²) in [6.07, 6.45) is 4.98. The number of aromatic nitrogens is 1. The molecule has 1 heterocycles. The van der Waals surface area contributed by atoms with Crippen LogP contribution in [0.4, 0.5) is 0 Å². The third-order valence-electron chi connectivity index (χ3n) is 4.55. The maximum atomic E-state index is 4.94. The summed E-state index contributed by atoms with van der Waals surface area (Å²) in [7, 11) is 0. The van der Waals surface area contributed by atoms with Gasteiger partial charge >= 0.3 is 0 Å². The smallest absolute Gasteiger partial charge is 0.104 e. The zero-order valence-electron chi connectivity index (χ0n) is 13.0. The van der Waals surface area contributed by atoms with Crippen LogP contribution in [0.25, 0.3) is 0 Å². The number of benzene rings is 1. The number of rotatable bonds is 6. The quantitative estimate of drug-likeness (QED) is 0.799. The van der Waals surface area contributed by atoms with Crippen LogP contribution >= 0.6 is 11.3 Å². The van der Waals surface area contributed by atoms with Crippen LogP contribution in [0.1, 0.15) is 53.7 Å². The van der Waals surface area contributed by atoms with Gasteiger partial charge in [-0.2, -0.15) is 0 Å². The molecule has 0 aliphatic heterocycles. The molecule has 0 spiro atoms. The number of nitrogens with zero attached hydrogens (tertiary/aromatic N) is 1. The SMILES string of the molecule is CCCNCc1sc(C2(c3ccccc3)CCC2)nc1C. The van der Waals surface area contributed by atoms with Crippen LogP contribution in [0.5, 0.6) is 0 Å². The number of thiazole rings is 1. The fourth-order valence-corrected chi connectivity index (χ4v) is 4.39. The molecule has 2 nitrogen and oxygen atoms in total. The van der Waals surface area contributed by atoms with Crippen molar-refractivity contribution in [3.05, 3.63) is 51.5 Å². The fourth-order valence-electron chi connectivity index (χ4n) is 3.09. The minimum atomic E-state index is 0.194. The first kappa shape index (κ1) is 14.7. The molecule has 1 aromatic heterocycles. The summed E-state index contributed by atoms with van der Waals surface area (Å²) in [5, 5.41) is 4.83. The largest absolute Gasteiger partial charge is 0.312 e. The van der Waals surface area contributed by atoms with Gasteiger partial charge in [-0.25, -0.2) is 4.98 Å². The van der Waals surface area contributed by atoms with Gasteiger partial charge in [-0.05, 0) is 38.3 Å². The molecule has 1 saturated carbocycles. The minimum absolute atomic E-state index is 0.194. The van der Waals surface area contributed by atoms with Gasteiger partial charge in [-0.3, -0.25) is 0 Å². The van der Waals surface area contributed by atoms with Crippen LogP contribution in [0.3, 0.4) is 0 Å². The molecule has 0 amide bonds. The Bertz CT molecular complexity index is 585. The summed E-state index contributed by atoms with van der Waals surface area (Å²) in [5.41, 5.74) is 2.85. The Labute approximate surface area is 131 Å². The first-order chi connectivity index (χ1) is 10.3. The van der Waals surface area contributed by atoms with Crippen molar-refractivity contribution in [1.29, 1.82) is 0 Å². The van der Waals surface area contributed by atoms with E-state index >= 15 is 0 Å². The van der Waals surface area contributed by atoms with E-state index in [-0.39, 0.29) is 5.41 Å². The van der Waals surface area contributed by atoms with Crippen molar-refractivity contribution in [3.63, 3.8) is 0 Å². The molecule has 21 heavy (non-hydrogen) atoms. The topological polar surface area (TPSA) is 24.9 Å². The van der Waals surface area contributed by atoms with Gasteiger partial charge in [0.1, 0.15) is 5.01 Å². The second-order valence-corrected chi connectivity index (χ2v) is 7.09. The van der Waals surface area contributed by atoms with Crippen LogP contribution in [-0.2, 0) is 12.0 Å². The maximum absolute atomic E-state index is 4.94. The van der Waals surface area contributed by atoms with E-state index in [1.165, 1.54) is 46.8 Å². The van der Waals surface area contributed by atoms with Crippen LogP contribution in [0.2, 0.25) is 0 Å². The molecule has 1 N–H and O–H groups in total. The van der Waals surface area contributed by atoms with Gasteiger partial charge in [-0.1, -0.05) is 43.7 Å². The Morgan fingerprint density at radius 3 is 2.62 bits per heavy atom. The van der Waals surface area contributed by atoms with E-state index in [0.29, 0.717) is 0 Å². The molecule has 3 rings (SSSR count). The van der Waals surface area contributed by atoms with Crippen molar-refractivity contribution in [3.8, 4) is 0 Å². The van der Waals surface area contributed by atoms with E-state index in [0.717, 1.165) is 13.1 Å². The summed E-state index contributed by atoms with van der Waals surface area (Å²) in [5.74, 6) is 0. The van der Waals surface area contributed by atoms with Crippen molar-refractivity contribution >= 4 is 11.3 Å². The Morgan fingerprint density at radius 2 is 2.00 bits per heavy atom. The molecule has 0 atom stereocenters. The summed E-state index contributed by atoms with van der Waals surface area (Å²) in [6, 6.07) is 10.9. The van der Waals surface area contributed by atoms with Gasteiger partial charge in [0.05, 0.1) is 5.69 Å². The number of nitrogens with one attached hydrogen (secondary N) is 1. The van der Waals surface area contributed by atoms with E-state index < -0.39 is 0 Å². The van der Waals surface area contributed by atoms with Crippen LogP contribution < -0.4 is 5.32 Å². The summed E-state index contributed by atoms with van der Waals surface area (Å²) in [6.45, 7) is 6.40. The third kappa shape index (κ3) is 2.77. The second-order valence-electron chi connectivity index (χ2n) is 6.01. The average molecular weight is 300 g/mol. The zero-order chi connectivity index (χ0) is 14.7.